The molecule has 3 aromatic rings. The molecule has 0 saturated carbocycles. The molecular weight excluding hydrogens is 1190 g/mol. The molecule has 0 bridgehead atoms. The number of aromatic amines is 1. The van der Waals surface area contributed by atoms with E-state index >= 15 is 0 Å². The van der Waals surface area contributed by atoms with Crippen molar-refractivity contribution < 1.29 is 62.6 Å². The number of carbonyl (C=O) groups excluding carboxylic acids is 11. The molecule has 21 N–H and O–H groups in total. The van der Waals surface area contributed by atoms with Gasteiger partial charge in [-0.05, 0) is 99.8 Å². The number of unbranched alkanes of at least 4 members (excludes halogenated alkanes) is 1. The van der Waals surface area contributed by atoms with Crippen LogP contribution in [-0.2, 0) is 70.4 Å². The second kappa shape index (κ2) is 39.2. The predicted octanol–water partition coefficient (Wildman–Crippen LogP) is -0.481. The van der Waals surface area contributed by atoms with Crippen LogP contribution in [0.1, 0.15) is 137 Å². The largest absolute Gasteiger partial charge is 0.481 e. The number of para-hydroxylation sites is 1. The predicted molar refractivity (Wildman–Crippen MR) is 345 cm³/mol. The minimum Gasteiger partial charge on any atom is -0.481 e. The van der Waals surface area contributed by atoms with Crippen LogP contribution in [0.2, 0.25) is 0 Å². The molecule has 1 aromatic heterocycles. The lowest BCUT2D eigenvalue weighted by Crippen LogP contribution is -2.61. The van der Waals surface area contributed by atoms with Crippen molar-refractivity contribution in [2.45, 2.75) is 193 Å². The summed E-state index contributed by atoms with van der Waals surface area (Å²) in [5, 5.41) is 34.5. The topological polar surface area (TPSA) is 492 Å². The number of amides is 11. The van der Waals surface area contributed by atoms with Crippen LogP contribution in [-0.4, -0.2) is 154 Å². The van der Waals surface area contributed by atoms with Gasteiger partial charge in [0.15, 0.2) is 5.96 Å². The standard InChI is InChI=1S/C63H98N16O13/c1-9-36(6)52(79-61(91)47(30-39-19-11-10-12-20-39)76-59(89)45(28-34(2)3)74-54(84)37(7)18-17-27-69-63(67)68)62(92)73-44(24-25-51(81)82)56(86)77-48(31-40-33-70-42-22-14-13-21-41(40)42)60(90)75-46(29-35(4)5)58(88)72-43(23-15-16-26-64)55(85)78-49(32-50(65)80)57(87)71-38(8)53(66)83/h10-14,19-22,33-38,43-49,52,70H,9,15-18,23-32,64H2,1-8H3,(H2,65,80)(H2,66,83)(H,71,87)(H,72,88)(H,73,92)(H,74,84)(H,75,90)(H,76,89)(H,77,86)(H,78,85)(H,79,91)(H,81,82)(H4,67,68,69)/t36-,37-,38+,43-,44-,45-,46-,47-,48-,49-,52-/m0/s1. The Balaban J connectivity index is 2.03. The number of rotatable bonds is 42. The zero-order valence-corrected chi connectivity index (χ0v) is 54.1. The van der Waals surface area contributed by atoms with Crippen molar-refractivity contribution in [3.63, 3.8) is 0 Å². The average Bonchev–Trinajstić information content (AvgIpc) is 1.64. The maximum absolute atomic E-state index is 14.9. The van der Waals surface area contributed by atoms with E-state index in [1.165, 1.54) is 6.92 Å². The highest BCUT2D eigenvalue weighted by atomic mass is 16.4. The molecule has 0 saturated heterocycles. The Kier molecular flexibility index (Phi) is 32.8. The number of aliphatic imine (C=N–C) groups is 1. The summed E-state index contributed by atoms with van der Waals surface area (Å²) in [6.45, 7) is 14.2. The van der Waals surface area contributed by atoms with Crippen LogP contribution in [0.3, 0.4) is 0 Å². The van der Waals surface area contributed by atoms with E-state index in [0.29, 0.717) is 60.7 Å². The zero-order chi connectivity index (χ0) is 68.8. The molecule has 0 radical (unpaired) electrons. The number of aromatic nitrogens is 1. The van der Waals surface area contributed by atoms with Crippen LogP contribution in [0.5, 0.6) is 0 Å². The first-order valence-electron chi connectivity index (χ1n) is 31.3. The molecule has 508 valence electrons. The normalized spacial score (nSPS) is 14.8. The lowest BCUT2D eigenvalue weighted by Gasteiger charge is -2.30. The maximum atomic E-state index is 14.9. The molecule has 0 fully saturated rings. The lowest BCUT2D eigenvalue weighted by atomic mass is 9.96. The van der Waals surface area contributed by atoms with Gasteiger partial charge in [-0.1, -0.05) is 103 Å². The first-order valence-corrected chi connectivity index (χ1v) is 31.3. The minimum atomic E-state index is -1.66. The van der Waals surface area contributed by atoms with Crippen molar-refractivity contribution in [3.8, 4) is 0 Å². The number of benzene rings is 2. The van der Waals surface area contributed by atoms with Gasteiger partial charge in [0.1, 0.15) is 54.4 Å². The lowest BCUT2D eigenvalue weighted by molar-refractivity contribution is -0.139. The van der Waals surface area contributed by atoms with E-state index in [1.807, 2.05) is 13.8 Å². The molecule has 11 amide bonds. The van der Waals surface area contributed by atoms with Crippen LogP contribution in [0.15, 0.2) is 65.8 Å². The molecule has 3 rings (SSSR count). The van der Waals surface area contributed by atoms with Gasteiger partial charge in [-0.15, -0.1) is 0 Å². The van der Waals surface area contributed by atoms with Crippen molar-refractivity contribution in [1.29, 1.82) is 0 Å². The number of hydrogen-bond acceptors (Lipinski definition) is 14. The third kappa shape index (κ3) is 27.1. The monoisotopic (exact) mass is 1290 g/mol. The van der Waals surface area contributed by atoms with Crippen LogP contribution in [0.25, 0.3) is 10.9 Å². The Morgan fingerprint density at radius 3 is 1.57 bits per heavy atom. The summed E-state index contributed by atoms with van der Waals surface area (Å²) in [5.41, 5.74) is 29.2. The van der Waals surface area contributed by atoms with Crippen LogP contribution < -0.4 is 76.5 Å². The smallest absolute Gasteiger partial charge is 0.303 e. The Morgan fingerprint density at radius 1 is 0.522 bits per heavy atom. The second-order valence-electron chi connectivity index (χ2n) is 24.2. The Morgan fingerprint density at radius 2 is 1.01 bits per heavy atom. The van der Waals surface area contributed by atoms with Gasteiger partial charge in [0.05, 0.1) is 6.42 Å². The Bertz CT molecular complexity index is 3010. The van der Waals surface area contributed by atoms with E-state index in [4.69, 9.17) is 28.7 Å². The third-order valence-electron chi connectivity index (χ3n) is 15.3. The molecule has 0 unspecified atom stereocenters. The molecule has 1 heterocycles. The van der Waals surface area contributed by atoms with Gasteiger partial charge < -0.3 is 86.6 Å². The molecule has 0 spiro atoms. The highest BCUT2D eigenvalue weighted by Gasteiger charge is 2.37. The number of fused-ring (bicyclic) bond motifs is 1. The molecule has 92 heavy (non-hydrogen) atoms. The SMILES string of the molecule is CC[C@H](C)[C@H](NC(=O)[C@H](Cc1ccccc1)NC(=O)[C@H](CC(C)C)NC(=O)[C@@H](C)CCCN=C(N)N)C(=O)N[C@@H](CCC(=O)O)C(=O)N[C@@H](Cc1c[nH]c2ccccc12)C(=O)N[C@@H](CC(C)C)C(=O)N[C@@H](CCCCN)C(=O)N[C@@H](CC(N)=O)C(=O)N[C@H](C)C(N)=O. The number of guanidine groups is 1. The van der Waals surface area contributed by atoms with Crippen LogP contribution in [0, 0.1) is 23.7 Å². The van der Waals surface area contributed by atoms with E-state index in [0.717, 1.165) is 0 Å². The van der Waals surface area contributed by atoms with E-state index in [2.05, 4.69) is 57.8 Å². The fourth-order valence-electron chi connectivity index (χ4n) is 9.92. The van der Waals surface area contributed by atoms with Gasteiger partial charge in [0.25, 0.3) is 0 Å². The van der Waals surface area contributed by atoms with E-state index in [9.17, 15) is 62.6 Å². The average molecular weight is 1290 g/mol. The first-order chi connectivity index (χ1) is 43.4. The number of nitrogens with two attached hydrogens (primary N) is 5. The van der Waals surface area contributed by atoms with Gasteiger partial charge in [0.2, 0.25) is 65.0 Å². The molecule has 0 aliphatic carbocycles. The van der Waals surface area contributed by atoms with Crippen molar-refractivity contribution in [3.05, 3.63) is 71.9 Å². The summed E-state index contributed by atoms with van der Waals surface area (Å²) in [7, 11) is 0. The van der Waals surface area contributed by atoms with E-state index < -0.39 is 156 Å². The molecule has 2 aromatic carbocycles. The Hall–Kier alpha value is -9.15. The number of carboxylic acids is 1. The van der Waals surface area contributed by atoms with Crippen molar-refractivity contribution in [2.75, 3.05) is 13.1 Å². The van der Waals surface area contributed by atoms with Gasteiger partial charge in [0, 0.05) is 48.8 Å². The van der Waals surface area contributed by atoms with Gasteiger partial charge >= 0.3 is 5.97 Å². The van der Waals surface area contributed by atoms with Crippen molar-refractivity contribution >= 4 is 87.8 Å². The van der Waals surface area contributed by atoms with E-state index in [-0.39, 0.29) is 56.4 Å². The minimum absolute atomic E-state index is 0.0197. The number of nitrogens with zero attached hydrogens (tertiary/aromatic N) is 1. The van der Waals surface area contributed by atoms with Gasteiger partial charge in [-0.25, -0.2) is 0 Å². The molecule has 29 heteroatoms. The summed E-state index contributed by atoms with van der Waals surface area (Å²) >= 11 is 0. The summed E-state index contributed by atoms with van der Waals surface area (Å²) in [4.78, 5) is 172. The third-order valence-corrected chi connectivity index (χ3v) is 15.3. The Labute approximate surface area is 537 Å². The zero-order valence-electron chi connectivity index (χ0n) is 54.1. The summed E-state index contributed by atoms with van der Waals surface area (Å²) < 4.78 is 0. The second-order valence-corrected chi connectivity index (χ2v) is 24.2. The van der Waals surface area contributed by atoms with E-state index in [1.54, 1.807) is 95.4 Å². The first kappa shape index (κ1) is 77.1. The quantitative estimate of drug-likeness (QED) is 0.0193. The highest BCUT2D eigenvalue weighted by Crippen LogP contribution is 2.21. The number of H-pyrrole nitrogens is 1. The fourth-order valence-corrected chi connectivity index (χ4v) is 9.92. The summed E-state index contributed by atoms with van der Waals surface area (Å²) in [5.74, 6) is -12.2. The van der Waals surface area contributed by atoms with Crippen LogP contribution >= 0.6 is 0 Å². The molecule has 29 nitrogen and oxygen atoms in total. The number of hydrogen-bond donors (Lipinski definition) is 16. The fraction of sp³-hybridized carbons (Fsp3) is 0.571. The number of primary amides is 2. The van der Waals surface area contributed by atoms with Crippen molar-refractivity contribution in [1.82, 2.24) is 52.8 Å². The molecule has 0 aliphatic rings. The summed E-state index contributed by atoms with van der Waals surface area (Å²) in [6.07, 6.45) is 1.58. The van der Waals surface area contributed by atoms with Gasteiger partial charge in [-0.2, -0.15) is 0 Å². The number of aliphatic carboxylic acids is 1. The number of carboxylic acid groups (broad SMARTS) is 1. The summed E-state index contributed by atoms with van der Waals surface area (Å²) in [6, 6.07) is 3.32. The maximum Gasteiger partial charge on any atom is 0.303 e. The molecule has 11 atom stereocenters. The number of carbonyl (C=O) groups is 12. The van der Waals surface area contributed by atoms with Crippen LogP contribution in [0.4, 0.5) is 0 Å². The van der Waals surface area contributed by atoms with Crippen molar-refractivity contribution in [2.24, 2.45) is 57.3 Å². The molecular formula is C63H98N16O13. The molecule has 0 aliphatic heterocycles. The van der Waals surface area contributed by atoms with Gasteiger partial charge in [-0.3, -0.25) is 62.5 Å². The number of nitrogens with one attached hydrogen (secondary N) is 10. The highest BCUT2D eigenvalue weighted by molar-refractivity contribution is 6.00.